The number of thioether (sulfide) groups is 1. The second-order valence-electron chi connectivity index (χ2n) is 7.53. The van der Waals surface area contributed by atoms with E-state index in [2.05, 4.69) is 4.98 Å². The fourth-order valence-corrected chi connectivity index (χ4v) is 4.59. The Kier molecular flexibility index (Phi) is 7.49. The monoisotopic (exact) mass is 534 g/mol. The number of anilines is 1. The quantitative estimate of drug-likeness (QED) is 0.325. The molecular formula is C23H17F3N4O6S. The van der Waals surface area contributed by atoms with Crippen LogP contribution in [0.3, 0.4) is 0 Å². The van der Waals surface area contributed by atoms with Crippen LogP contribution in [0.1, 0.15) is 43.1 Å². The van der Waals surface area contributed by atoms with Crippen molar-refractivity contribution in [3.8, 4) is 22.9 Å². The number of nitrogens with zero attached hydrogens (tertiary/aromatic N) is 2. The molecule has 192 valence electrons. The van der Waals surface area contributed by atoms with Crippen LogP contribution in [0.2, 0.25) is 0 Å². The summed E-state index contributed by atoms with van der Waals surface area (Å²) in [5.74, 6) is -3.74. The van der Waals surface area contributed by atoms with E-state index in [1.54, 1.807) is 0 Å². The van der Waals surface area contributed by atoms with Crippen LogP contribution in [0.15, 0.2) is 34.1 Å². The lowest BCUT2D eigenvalue weighted by atomic mass is 9.94. The molecule has 1 aromatic carbocycles. The van der Waals surface area contributed by atoms with Crippen LogP contribution in [0.25, 0.3) is 11.1 Å². The molecule has 0 saturated heterocycles. The van der Waals surface area contributed by atoms with Gasteiger partial charge in [0.2, 0.25) is 0 Å². The van der Waals surface area contributed by atoms with E-state index >= 15 is 0 Å². The van der Waals surface area contributed by atoms with Crippen LogP contribution in [0.4, 0.5) is 19.0 Å². The predicted octanol–water partition coefficient (Wildman–Crippen LogP) is 3.92. The number of hydrogen-bond acceptors (Lipinski definition) is 8. The zero-order valence-corrected chi connectivity index (χ0v) is 19.9. The van der Waals surface area contributed by atoms with Crippen molar-refractivity contribution in [3.05, 3.63) is 68.1 Å². The van der Waals surface area contributed by atoms with Gasteiger partial charge in [0.25, 0.3) is 5.56 Å². The maximum atomic E-state index is 13.3. The van der Waals surface area contributed by atoms with E-state index in [1.165, 1.54) is 32.2 Å². The number of carbonyl (C=O) groups is 2. The van der Waals surface area contributed by atoms with E-state index < -0.39 is 51.9 Å². The number of alkyl halides is 3. The fraction of sp³-hybridized carbons (Fsp3) is 0.174. The zero-order chi connectivity index (χ0) is 27.7. The number of halogens is 3. The Morgan fingerprint density at radius 1 is 1.22 bits per heavy atom. The number of pyridine rings is 2. The van der Waals surface area contributed by atoms with Gasteiger partial charge in [0.1, 0.15) is 39.5 Å². The van der Waals surface area contributed by atoms with Crippen molar-refractivity contribution in [2.45, 2.75) is 23.9 Å². The van der Waals surface area contributed by atoms with Gasteiger partial charge < -0.3 is 25.7 Å². The highest BCUT2D eigenvalue weighted by Gasteiger charge is 2.34. The SMILES string of the molecule is COc1ccc(-c2c(C(=O)O)c(N)[nH]c(=O)c2C(=O)O)cc1CSc1nc(C(F)(F)F)cc(C)c1C#N. The first-order valence-corrected chi connectivity index (χ1v) is 11.1. The molecule has 3 aromatic rings. The van der Waals surface area contributed by atoms with Gasteiger partial charge in [0.05, 0.1) is 12.7 Å². The highest BCUT2D eigenvalue weighted by molar-refractivity contribution is 7.98. The summed E-state index contributed by atoms with van der Waals surface area (Å²) in [5, 5.41) is 28.5. The number of hydrogen-bond donors (Lipinski definition) is 4. The highest BCUT2D eigenvalue weighted by atomic mass is 32.2. The maximum absolute atomic E-state index is 13.3. The number of carboxylic acids is 2. The number of aromatic nitrogens is 2. The van der Waals surface area contributed by atoms with Crippen molar-refractivity contribution in [3.63, 3.8) is 0 Å². The number of aromatic carboxylic acids is 2. The van der Waals surface area contributed by atoms with Gasteiger partial charge in [-0.15, -0.1) is 11.8 Å². The molecule has 0 saturated carbocycles. The van der Waals surface area contributed by atoms with E-state index in [0.717, 1.165) is 17.8 Å². The van der Waals surface area contributed by atoms with Crippen molar-refractivity contribution in [1.82, 2.24) is 9.97 Å². The van der Waals surface area contributed by atoms with Crippen molar-refractivity contribution >= 4 is 29.5 Å². The van der Waals surface area contributed by atoms with Crippen molar-refractivity contribution in [2.24, 2.45) is 0 Å². The summed E-state index contributed by atoms with van der Waals surface area (Å²) < 4.78 is 45.1. The molecule has 0 aliphatic rings. The number of nitrogen functional groups attached to an aromatic ring is 1. The molecule has 0 spiro atoms. The third kappa shape index (κ3) is 5.36. The average Bonchev–Trinajstić information content (AvgIpc) is 2.80. The Morgan fingerprint density at radius 2 is 1.86 bits per heavy atom. The van der Waals surface area contributed by atoms with Gasteiger partial charge in [-0.1, -0.05) is 6.07 Å². The summed E-state index contributed by atoms with van der Waals surface area (Å²) in [7, 11) is 1.31. The number of methoxy groups -OCH3 is 1. The molecule has 10 nitrogen and oxygen atoms in total. The molecule has 14 heteroatoms. The van der Waals surface area contributed by atoms with Gasteiger partial charge in [-0.25, -0.2) is 14.6 Å². The lowest BCUT2D eigenvalue weighted by Crippen LogP contribution is -2.24. The summed E-state index contributed by atoms with van der Waals surface area (Å²) in [6.45, 7) is 1.35. The van der Waals surface area contributed by atoms with E-state index in [9.17, 15) is 43.0 Å². The second-order valence-corrected chi connectivity index (χ2v) is 8.50. The third-order valence-electron chi connectivity index (χ3n) is 5.19. The van der Waals surface area contributed by atoms with Gasteiger partial charge in [0, 0.05) is 16.9 Å². The van der Waals surface area contributed by atoms with Crippen LogP contribution in [-0.2, 0) is 11.9 Å². The Balaban J connectivity index is 2.18. The molecule has 0 amide bonds. The Bertz CT molecular complexity index is 1530. The first-order valence-electron chi connectivity index (χ1n) is 10.1. The molecule has 0 fully saturated rings. The van der Waals surface area contributed by atoms with E-state index in [-0.39, 0.29) is 38.8 Å². The number of aryl methyl sites for hydroxylation is 1. The van der Waals surface area contributed by atoms with E-state index in [1.807, 2.05) is 11.1 Å². The van der Waals surface area contributed by atoms with E-state index in [0.29, 0.717) is 0 Å². The lowest BCUT2D eigenvalue weighted by molar-refractivity contribution is -0.141. The summed E-state index contributed by atoms with van der Waals surface area (Å²) in [6, 6.07) is 6.61. The standard InChI is InChI=1S/C23H17F3N4O6S/c1-9-5-14(23(24,25)26)29-20(12(9)7-27)37-8-11-6-10(3-4-13(11)36-2)15-16(21(32)33)18(28)30-19(31)17(15)22(34)35/h3-6H,8H2,1-2H3,(H,32,33)(H,34,35)(H3,28,30,31). The molecule has 0 bridgehead atoms. The topological polar surface area (TPSA) is 179 Å². The molecule has 5 N–H and O–H groups in total. The number of carboxylic acid groups (broad SMARTS) is 2. The Labute approximate surface area is 210 Å². The number of rotatable bonds is 7. The first-order chi connectivity index (χ1) is 17.3. The molecule has 37 heavy (non-hydrogen) atoms. The van der Waals surface area contributed by atoms with Gasteiger partial charge in [-0.3, -0.25) is 4.79 Å². The average molecular weight is 534 g/mol. The predicted molar refractivity (Wildman–Crippen MR) is 126 cm³/mol. The molecule has 0 atom stereocenters. The van der Waals surface area contributed by atoms with E-state index in [4.69, 9.17) is 10.5 Å². The van der Waals surface area contributed by atoms with Crippen molar-refractivity contribution < 1.29 is 37.7 Å². The van der Waals surface area contributed by atoms with Gasteiger partial charge in [-0.2, -0.15) is 18.4 Å². The normalized spacial score (nSPS) is 11.1. The number of nitrogens with one attached hydrogen (secondary N) is 1. The van der Waals surface area contributed by atoms with Crippen LogP contribution < -0.4 is 16.0 Å². The molecule has 3 rings (SSSR count). The Morgan fingerprint density at radius 3 is 2.41 bits per heavy atom. The minimum absolute atomic E-state index is 0.0160. The van der Waals surface area contributed by atoms with Crippen LogP contribution in [0.5, 0.6) is 5.75 Å². The fourth-order valence-electron chi connectivity index (χ4n) is 3.56. The third-order valence-corrected chi connectivity index (χ3v) is 6.22. The molecule has 0 radical (unpaired) electrons. The van der Waals surface area contributed by atoms with Gasteiger partial charge in [0.15, 0.2) is 0 Å². The number of nitrogens with two attached hydrogens (primary N) is 1. The molecule has 0 aliphatic carbocycles. The molecule has 2 heterocycles. The minimum atomic E-state index is -4.74. The zero-order valence-electron chi connectivity index (χ0n) is 19.1. The molecule has 2 aromatic heterocycles. The number of ether oxygens (including phenoxy) is 1. The molecule has 0 unspecified atom stereocenters. The smallest absolute Gasteiger partial charge is 0.433 e. The second kappa shape index (κ2) is 10.2. The Hall–Kier alpha value is -4.51. The minimum Gasteiger partial charge on any atom is -0.496 e. The molecular weight excluding hydrogens is 517 g/mol. The summed E-state index contributed by atoms with van der Waals surface area (Å²) in [4.78, 5) is 41.6. The number of aromatic amines is 1. The van der Waals surface area contributed by atoms with Crippen LogP contribution >= 0.6 is 11.8 Å². The largest absolute Gasteiger partial charge is 0.496 e. The number of H-pyrrole nitrogens is 1. The first kappa shape index (κ1) is 27.1. The summed E-state index contributed by atoms with van der Waals surface area (Å²) in [6.07, 6.45) is -4.74. The number of benzene rings is 1. The number of nitriles is 1. The molecule has 0 aliphatic heterocycles. The van der Waals surface area contributed by atoms with Gasteiger partial charge in [-0.05, 0) is 36.2 Å². The van der Waals surface area contributed by atoms with Gasteiger partial charge >= 0.3 is 18.1 Å². The van der Waals surface area contributed by atoms with Crippen molar-refractivity contribution in [2.75, 3.05) is 12.8 Å². The van der Waals surface area contributed by atoms with Crippen LogP contribution in [0, 0.1) is 18.3 Å². The van der Waals surface area contributed by atoms with Crippen molar-refractivity contribution in [1.29, 1.82) is 5.26 Å². The van der Waals surface area contributed by atoms with Crippen LogP contribution in [-0.4, -0.2) is 39.2 Å². The highest BCUT2D eigenvalue weighted by Crippen LogP contribution is 2.37. The summed E-state index contributed by atoms with van der Waals surface area (Å²) in [5.41, 5.74) is 1.68. The summed E-state index contributed by atoms with van der Waals surface area (Å²) >= 11 is 0.791. The maximum Gasteiger partial charge on any atom is 0.433 e. The lowest BCUT2D eigenvalue weighted by Gasteiger charge is -2.16.